The summed E-state index contributed by atoms with van der Waals surface area (Å²) in [6.45, 7) is 4.53. The lowest BCUT2D eigenvalue weighted by atomic mass is 10.1. The number of hydrogen-bond acceptors (Lipinski definition) is 4. The summed E-state index contributed by atoms with van der Waals surface area (Å²) in [5, 5.41) is 0. The van der Waals surface area contributed by atoms with E-state index in [1.807, 2.05) is 13.8 Å². The third kappa shape index (κ3) is 9.87. The molecule has 0 aliphatic heterocycles. The maximum Gasteiger partial charge on any atom is 0.305 e. The van der Waals surface area contributed by atoms with Crippen LogP contribution >= 0.6 is 0 Å². The van der Waals surface area contributed by atoms with E-state index in [-0.39, 0.29) is 11.7 Å². The number of unbranched alkanes of at least 4 members (excludes halogenated alkanes) is 1. The molecule has 0 aliphatic rings. The summed E-state index contributed by atoms with van der Waals surface area (Å²) >= 11 is -1.99. The number of esters is 1. The van der Waals surface area contributed by atoms with E-state index in [1.165, 1.54) is 0 Å². The molecule has 2 unspecified atom stereocenters. The fraction of sp³-hybridized carbons (Fsp3) is 0.900. The first-order valence-electron chi connectivity index (χ1n) is 5.27. The lowest BCUT2D eigenvalue weighted by molar-refractivity contribution is -0.145. The molecule has 0 saturated heterocycles. The Morgan fingerprint density at radius 3 is 2.67 bits per heavy atom. The third-order valence-corrected chi connectivity index (χ3v) is 2.79. The molecule has 0 rings (SSSR count). The SMILES string of the molecule is CCC(C)COC(=O)CCCCS(=O)[O-]. The van der Waals surface area contributed by atoms with Crippen molar-refractivity contribution in [2.45, 2.75) is 39.5 Å². The minimum atomic E-state index is -1.99. The molecule has 0 amide bonds. The van der Waals surface area contributed by atoms with E-state index in [0.717, 1.165) is 6.42 Å². The zero-order valence-corrected chi connectivity index (χ0v) is 10.2. The van der Waals surface area contributed by atoms with E-state index in [0.29, 0.717) is 31.8 Å². The van der Waals surface area contributed by atoms with Crippen LogP contribution in [0.25, 0.3) is 0 Å². The molecule has 0 heterocycles. The normalized spacial score (nSPS) is 14.6. The van der Waals surface area contributed by atoms with Crippen LogP contribution in [0.2, 0.25) is 0 Å². The predicted molar refractivity (Wildman–Crippen MR) is 58.1 cm³/mol. The van der Waals surface area contributed by atoms with E-state index < -0.39 is 11.1 Å². The summed E-state index contributed by atoms with van der Waals surface area (Å²) in [6, 6.07) is 0. The van der Waals surface area contributed by atoms with Crippen molar-refractivity contribution in [3.8, 4) is 0 Å². The van der Waals surface area contributed by atoms with Crippen molar-refractivity contribution in [3.63, 3.8) is 0 Å². The van der Waals surface area contributed by atoms with Gasteiger partial charge in [0.2, 0.25) is 0 Å². The van der Waals surface area contributed by atoms with Crippen LogP contribution in [0.4, 0.5) is 0 Å². The number of hydrogen-bond donors (Lipinski definition) is 0. The third-order valence-electron chi connectivity index (χ3n) is 2.17. The number of carbonyl (C=O) groups is 1. The second-order valence-corrected chi connectivity index (χ2v) is 4.68. The minimum Gasteiger partial charge on any atom is -0.772 e. The Morgan fingerprint density at radius 2 is 2.13 bits per heavy atom. The highest BCUT2D eigenvalue weighted by Crippen LogP contribution is 2.04. The molecule has 0 aromatic heterocycles. The summed E-state index contributed by atoms with van der Waals surface area (Å²) in [7, 11) is 0. The first kappa shape index (κ1) is 14.6. The van der Waals surface area contributed by atoms with Gasteiger partial charge in [-0.1, -0.05) is 31.3 Å². The Morgan fingerprint density at radius 1 is 1.47 bits per heavy atom. The fourth-order valence-corrected chi connectivity index (χ4v) is 1.35. The molecule has 0 saturated carbocycles. The Labute approximate surface area is 93.7 Å². The van der Waals surface area contributed by atoms with E-state index in [9.17, 15) is 13.6 Å². The summed E-state index contributed by atoms with van der Waals surface area (Å²) in [5.41, 5.74) is 0. The Hall–Kier alpha value is -0.420. The summed E-state index contributed by atoms with van der Waals surface area (Å²) < 4.78 is 25.4. The van der Waals surface area contributed by atoms with E-state index in [4.69, 9.17) is 4.74 Å². The lowest BCUT2D eigenvalue weighted by Crippen LogP contribution is -2.11. The molecule has 0 aromatic carbocycles. The first-order chi connectivity index (χ1) is 7.06. The molecular formula is C10H19O4S-. The van der Waals surface area contributed by atoms with E-state index in [2.05, 4.69) is 0 Å². The quantitative estimate of drug-likeness (QED) is 0.364. The number of ether oxygens (including phenoxy) is 1. The van der Waals surface area contributed by atoms with Crippen molar-refractivity contribution in [1.29, 1.82) is 0 Å². The Bertz CT molecular complexity index is 206. The van der Waals surface area contributed by atoms with Gasteiger partial charge < -0.3 is 9.29 Å². The first-order valence-corrected chi connectivity index (χ1v) is 6.52. The monoisotopic (exact) mass is 235 g/mol. The van der Waals surface area contributed by atoms with Crippen molar-refractivity contribution in [3.05, 3.63) is 0 Å². The van der Waals surface area contributed by atoms with Gasteiger partial charge in [0.05, 0.1) is 6.61 Å². The summed E-state index contributed by atoms with van der Waals surface area (Å²) in [5.74, 6) is 0.286. The maximum absolute atomic E-state index is 11.1. The average Bonchev–Trinajstić information content (AvgIpc) is 2.20. The van der Waals surface area contributed by atoms with Crippen molar-refractivity contribution in [1.82, 2.24) is 0 Å². The van der Waals surface area contributed by atoms with Crippen LogP contribution in [0.3, 0.4) is 0 Å². The summed E-state index contributed by atoms with van der Waals surface area (Å²) in [4.78, 5) is 11.1. The van der Waals surface area contributed by atoms with Gasteiger partial charge in [-0.2, -0.15) is 0 Å². The number of rotatable bonds is 8. The van der Waals surface area contributed by atoms with E-state index >= 15 is 0 Å². The van der Waals surface area contributed by atoms with Crippen LogP contribution in [-0.4, -0.2) is 27.1 Å². The van der Waals surface area contributed by atoms with Crippen molar-refractivity contribution >= 4 is 17.0 Å². The Balaban J connectivity index is 3.37. The molecule has 5 heteroatoms. The minimum absolute atomic E-state index is 0.124. The van der Waals surface area contributed by atoms with Crippen LogP contribution in [0.15, 0.2) is 0 Å². The van der Waals surface area contributed by atoms with Gasteiger partial charge in [0.1, 0.15) is 0 Å². The van der Waals surface area contributed by atoms with Gasteiger partial charge in [-0.05, 0) is 18.8 Å². The predicted octanol–water partition coefficient (Wildman–Crippen LogP) is 1.63. The molecule has 0 spiro atoms. The van der Waals surface area contributed by atoms with Crippen LogP contribution in [0.5, 0.6) is 0 Å². The molecule has 2 atom stereocenters. The maximum atomic E-state index is 11.1. The highest BCUT2D eigenvalue weighted by atomic mass is 32.2. The van der Waals surface area contributed by atoms with Gasteiger partial charge >= 0.3 is 5.97 Å². The largest absolute Gasteiger partial charge is 0.772 e. The van der Waals surface area contributed by atoms with Crippen molar-refractivity contribution < 1.29 is 18.3 Å². The van der Waals surface area contributed by atoms with Gasteiger partial charge in [0, 0.05) is 12.2 Å². The van der Waals surface area contributed by atoms with Crippen LogP contribution < -0.4 is 0 Å². The molecular weight excluding hydrogens is 216 g/mol. The average molecular weight is 235 g/mol. The molecule has 90 valence electrons. The van der Waals surface area contributed by atoms with Gasteiger partial charge in [-0.15, -0.1) is 0 Å². The highest BCUT2D eigenvalue weighted by molar-refractivity contribution is 7.79. The second kappa shape index (κ2) is 8.85. The lowest BCUT2D eigenvalue weighted by Gasteiger charge is -2.09. The molecule has 0 radical (unpaired) electrons. The van der Waals surface area contributed by atoms with Gasteiger partial charge in [-0.25, -0.2) is 0 Å². The van der Waals surface area contributed by atoms with Crippen LogP contribution in [0, 0.1) is 5.92 Å². The van der Waals surface area contributed by atoms with Crippen LogP contribution in [0.1, 0.15) is 39.5 Å². The zero-order chi connectivity index (χ0) is 11.7. The van der Waals surface area contributed by atoms with Gasteiger partial charge in [0.25, 0.3) is 0 Å². The highest BCUT2D eigenvalue weighted by Gasteiger charge is 2.05. The Kier molecular flexibility index (Phi) is 8.61. The zero-order valence-electron chi connectivity index (χ0n) is 9.36. The molecule has 0 bridgehead atoms. The fourth-order valence-electron chi connectivity index (χ4n) is 0.914. The standard InChI is InChI=1S/C10H20O4S/c1-3-9(2)8-14-10(11)6-4-5-7-15(12)13/h9H,3-8H2,1-2H3,(H,12,13)/p-1. The van der Waals surface area contributed by atoms with Crippen molar-refractivity contribution in [2.75, 3.05) is 12.4 Å². The summed E-state index contributed by atoms with van der Waals surface area (Å²) in [6.07, 6.45) is 2.40. The second-order valence-electron chi connectivity index (χ2n) is 3.66. The molecule has 0 aromatic rings. The number of carbonyl (C=O) groups excluding carboxylic acids is 1. The molecule has 0 N–H and O–H groups in total. The van der Waals surface area contributed by atoms with Gasteiger partial charge in [-0.3, -0.25) is 9.00 Å². The van der Waals surface area contributed by atoms with E-state index in [1.54, 1.807) is 0 Å². The van der Waals surface area contributed by atoms with Gasteiger partial charge in [0.15, 0.2) is 0 Å². The smallest absolute Gasteiger partial charge is 0.305 e. The molecule has 0 fully saturated rings. The molecule has 4 nitrogen and oxygen atoms in total. The van der Waals surface area contributed by atoms with Crippen LogP contribution in [-0.2, 0) is 20.6 Å². The topological polar surface area (TPSA) is 66.4 Å². The van der Waals surface area contributed by atoms with Crippen molar-refractivity contribution in [2.24, 2.45) is 5.92 Å². The molecule has 15 heavy (non-hydrogen) atoms. The molecule has 0 aliphatic carbocycles.